The van der Waals surface area contributed by atoms with Gasteiger partial charge in [-0.3, -0.25) is 4.79 Å². The Hall–Kier alpha value is -3.42. The molecule has 5 nitrogen and oxygen atoms in total. The van der Waals surface area contributed by atoms with E-state index in [0.717, 1.165) is 22.0 Å². The Kier molecular flexibility index (Phi) is 8.48. The molecule has 0 aliphatic heterocycles. The number of carbonyl (C=O) groups is 1. The van der Waals surface area contributed by atoms with Crippen molar-refractivity contribution < 1.29 is 9.53 Å². The van der Waals surface area contributed by atoms with Gasteiger partial charge in [0.05, 0.1) is 42.5 Å². The maximum absolute atomic E-state index is 13.2. The SMILES string of the molecule is O=C(N/N=C/c1cc(Cl)c(OCc2ccc(Cl)c(Cl)c2)c(Br)c1)c1cc(-c2ccccc2)nc2ccccc12. The molecule has 4 aromatic carbocycles. The van der Waals surface area contributed by atoms with Crippen LogP contribution in [0.3, 0.4) is 0 Å². The van der Waals surface area contributed by atoms with Crippen molar-refractivity contribution in [3.63, 3.8) is 0 Å². The number of hydrazone groups is 1. The summed E-state index contributed by atoms with van der Waals surface area (Å²) in [6.07, 6.45) is 1.51. The van der Waals surface area contributed by atoms with Crippen LogP contribution in [-0.2, 0) is 6.61 Å². The van der Waals surface area contributed by atoms with Crippen LogP contribution in [0.1, 0.15) is 21.5 Å². The lowest BCUT2D eigenvalue weighted by atomic mass is 10.0. The average molecular weight is 640 g/mol. The summed E-state index contributed by atoms with van der Waals surface area (Å²) in [7, 11) is 0. The fraction of sp³-hybridized carbons (Fsp3) is 0.0333. The molecule has 5 aromatic rings. The Morgan fingerprint density at radius 1 is 0.897 bits per heavy atom. The third-order valence-electron chi connectivity index (χ3n) is 5.80. The molecule has 0 spiro atoms. The van der Waals surface area contributed by atoms with E-state index in [1.807, 2.05) is 60.7 Å². The average Bonchev–Trinajstić information content (AvgIpc) is 2.94. The first-order valence-corrected chi connectivity index (χ1v) is 13.7. The van der Waals surface area contributed by atoms with Crippen molar-refractivity contribution in [1.29, 1.82) is 0 Å². The fourth-order valence-corrected chi connectivity index (χ4v) is 5.23. The topological polar surface area (TPSA) is 63.6 Å². The van der Waals surface area contributed by atoms with Crippen molar-refractivity contribution in [3.05, 3.63) is 127 Å². The monoisotopic (exact) mass is 637 g/mol. The zero-order chi connectivity index (χ0) is 27.4. The molecule has 1 aromatic heterocycles. The van der Waals surface area contributed by atoms with E-state index in [9.17, 15) is 4.79 Å². The van der Waals surface area contributed by atoms with Gasteiger partial charge in [-0.15, -0.1) is 0 Å². The minimum Gasteiger partial charge on any atom is -0.486 e. The number of halogens is 4. The molecular formula is C30H19BrCl3N3O2. The largest absolute Gasteiger partial charge is 0.486 e. The standard InChI is InChI=1S/C30H19BrCl3N3O2/c31-23-12-19(14-26(34)29(23)39-17-18-10-11-24(32)25(33)13-18)16-35-37-30(38)22-15-28(20-6-2-1-3-7-20)36-27-9-5-4-8-21(22)27/h1-16H,17H2,(H,37,38)/b35-16+. The summed E-state index contributed by atoms with van der Waals surface area (Å²) in [5.41, 5.74) is 6.95. The van der Waals surface area contributed by atoms with Gasteiger partial charge in [0.15, 0.2) is 5.75 Å². The highest BCUT2D eigenvalue weighted by Gasteiger charge is 2.14. The van der Waals surface area contributed by atoms with Gasteiger partial charge in [0, 0.05) is 10.9 Å². The van der Waals surface area contributed by atoms with Crippen LogP contribution in [0.15, 0.2) is 101 Å². The first-order valence-electron chi connectivity index (χ1n) is 11.7. The highest BCUT2D eigenvalue weighted by Crippen LogP contribution is 2.35. The van der Waals surface area contributed by atoms with E-state index in [4.69, 9.17) is 44.5 Å². The number of rotatable bonds is 7. The second kappa shape index (κ2) is 12.2. The van der Waals surface area contributed by atoms with E-state index in [1.165, 1.54) is 6.21 Å². The Bertz CT molecular complexity index is 1690. The molecule has 0 bridgehead atoms. The van der Waals surface area contributed by atoms with Gasteiger partial charge < -0.3 is 4.74 Å². The number of hydrogen-bond donors (Lipinski definition) is 1. The van der Waals surface area contributed by atoms with E-state index in [-0.39, 0.29) is 12.5 Å². The number of carbonyl (C=O) groups excluding carboxylic acids is 1. The van der Waals surface area contributed by atoms with Gasteiger partial charge in [-0.1, -0.05) is 89.4 Å². The molecule has 9 heteroatoms. The third-order valence-corrected chi connectivity index (χ3v) is 7.41. The van der Waals surface area contributed by atoms with Crippen LogP contribution in [0.5, 0.6) is 5.75 Å². The van der Waals surface area contributed by atoms with Crippen LogP contribution in [0.2, 0.25) is 15.1 Å². The molecular weight excluding hydrogens is 621 g/mol. The number of fused-ring (bicyclic) bond motifs is 1. The molecule has 1 amide bonds. The zero-order valence-electron chi connectivity index (χ0n) is 20.2. The highest BCUT2D eigenvalue weighted by molar-refractivity contribution is 9.10. The quantitative estimate of drug-likeness (QED) is 0.143. The molecule has 0 fully saturated rings. The molecule has 0 saturated carbocycles. The maximum atomic E-state index is 13.2. The lowest BCUT2D eigenvalue weighted by Gasteiger charge is -2.12. The molecule has 0 saturated heterocycles. The van der Waals surface area contributed by atoms with Crippen molar-refractivity contribution in [3.8, 4) is 17.0 Å². The molecule has 0 unspecified atom stereocenters. The molecule has 194 valence electrons. The van der Waals surface area contributed by atoms with Gasteiger partial charge in [-0.05, 0) is 63.5 Å². The first kappa shape index (κ1) is 27.2. The van der Waals surface area contributed by atoms with Crippen LogP contribution < -0.4 is 10.2 Å². The molecule has 0 aliphatic carbocycles. The second-order valence-electron chi connectivity index (χ2n) is 8.49. The minimum absolute atomic E-state index is 0.254. The van der Waals surface area contributed by atoms with Crippen molar-refractivity contribution >= 4 is 73.8 Å². The summed E-state index contributed by atoms with van der Waals surface area (Å²) in [6.45, 7) is 0.254. The van der Waals surface area contributed by atoms with Crippen molar-refractivity contribution in [2.75, 3.05) is 0 Å². The van der Waals surface area contributed by atoms with E-state index < -0.39 is 0 Å². The minimum atomic E-state index is -0.353. The van der Waals surface area contributed by atoms with Gasteiger partial charge >= 0.3 is 0 Å². The predicted octanol–water partition coefficient (Wildman–Crippen LogP) is 8.97. The maximum Gasteiger partial charge on any atom is 0.272 e. The van der Waals surface area contributed by atoms with Crippen molar-refractivity contribution in [1.82, 2.24) is 10.4 Å². The summed E-state index contributed by atoms with van der Waals surface area (Å²) in [5.74, 6) is 0.120. The van der Waals surface area contributed by atoms with Gasteiger partial charge in [-0.25, -0.2) is 10.4 Å². The van der Waals surface area contributed by atoms with Gasteiger partial charge in [0.25, 0.3) is 5.91 Å². The first-order chi connectivity index (χ1) is 18.9. The summed E-state index contributed by atoms with van der Waals surface area (Å²) in [6, 6.07) is 27.8. The lowest BCUT2D eigenvalue weighted by molar-refractivity contribution is 0.0956. The number of nitrogens with zero attached hydrogens (tertiary/aromatic N) is 2. The lowest BCUT2D eigenvalue weighted by Crippen LogP contribution is -2.18. The van der Waals surface area contributed by atoms with Gasteiger partial charge in [0.1, 0.15) is 6.61 Å². The van der Waals surface area contributed by atoms with Crippen LogP contribution in [0.25, 0.3) is 22.2 Å². The second-order valence-corrected chi connectivity index (χ2v) is 10.6. The molecule has 0 radical (unpaired) electrons. The van der Waals surface area contributed by atoms with Crippen molar-refractivity contribution in [2.24, 2.45) is 5.10 Å². The predicted molar refractivity (Wildman–Crippen MR) is 162 cm³/mol. The Morgan fingerprint density at radius 3 is 2.44 bits per heavy atom. The molecule has 5 rings (SSSR count). The van der Waals surface area contributed by atoms with Gasteiger partial charge in [0.2, 0.25) is 0 Å². The van der Waals surface area contributed by atoms with E-state index in [1.54, 1.807) is 30.3 Å². The Balaban J connectivity index is 1.32. The number of benzene rings is 4. The Morgan fingerprint density at radius 2 is 1.67 bits per heavy atom. The molecule has 1 heterocycles. The molecule has 0 atom stereocenters. The summed E-state index contributed by atoms with van der Waals surface area (Å²) < 4.78 is 6.53. The highest BCUT2D eigenvalue weighted by atomic mass is 79.9. The fourth-order valence-electron chi connectivity index (χ4n) is 3.92. The molecule has 1 N–H and O–H groups in total. The normalized spacial score (nSPS) is 11.2. The van der Waals surface area contributed by atoms with Crippen molar-refractivity contribution in [2.45, 2.75) is 6.61 Å². The van der Waals surface area contributed by atoms with Crippen LogP contribution in [-0.4, -0.2) is 17.1 Å². The summed E-state index contributed by atoms with van der Waals surface area (Å²) >= 11 is 22.0. The summed E-state index contributed by atoms with van der Waals surface area (Å²) in [4.78, 5) is 17.9. The number of amides is 1. The smallest absolute Gasteiger partial charge is 0.272 e. The van der Waals surface area contributed by atoms with E-state index in [0.29, 0.717) is 42.1 Å². The van der Waals surface area contributed by atoms with Crippen LogP contribution in [0.4, 0.5) is 0 Å². The summed E-state index contributed by atoms with van der Waals surface area (Å²) in [5, 5.41) is 6.20. The van der Waals surface area contributed by atoms with Crippen LogP contribution in [0, 0.1) is 0 Å². The number of nitrogens with one attached hydrogen (secondary N) is 1. The number of aromatic nitrogens is 1. The number of ether oxygens (including phenoxy) is 1. The molecule has 39 heavy (non-hydrogen) atoms. The van der Waals surface area contributed by atoms with Crippen LogP contribution >= 0.6 is 50.7 Å². The third kappa shape index (κ3) is 6.43. The van der Waals surface area contributed by atoms with E-state index >= 15 is 0 Å². The number of para-hydroxylation sites is 1. The van der Waals surface area contributed by atoms with Gasteiger partial charge in [-0.2, -0.15) is 5.10 Å². The zero-order valence-corrected chi connectivity index (χ0v) is 24.0. The molecule has 0 aliphatic rings. The number of pyridine rings is 1. The number of hydrogen-bond acceptors (Lipinski definition) is 4. The van der Waals surface area contributed by atoms with E-state index in [2.05, 4.69) is 26.5 Å². The Labute approximate surface area is 248 Å².